The Morgan fingerprint density at radius 3 is 2.62 bits per heavy atom. The first-order valence-corrected chi connectivity index (χ1v) is 5.98. The molecule has 0 radical (unpaired) electrons. The van der Waals surface area contributed by atoms with Crippen LogP contribution in [0.5, 0.6) is 0 Å². The molecule has 0 aromatic carbocycles. The highest BCUT2D eigenvalue weighted by Gasteiger charge is 2.26. The number of carbonyl (C=O) groups excluding carboxylic acids is 1. The number of hydrogen-bond donors (Lipinski definition) is 1. The van der Waals surface area contributed by atoms with Crippen LogP contribution >= 0.6 is 11.3 Å². The lowest BCUT2D eigenvalue weighted by molar-refractivity contribution is -0.146. The van der Waals surface area contributed by atoms with Crippen molar-refractivity contribution in [3.05, 3.63) is 21.9 Å². The Bertz CT molecular complexity index is 375. The first-order valence-electron chi connectivity index (χ1n) is 5.16. The first kappa shape index (κ1) is 12.7. The highest BCUT2D eigenvalue weighted by atomic mass is 32.1. The van der Waals surface area contributed by atoms with Gasteiger partial charge in [-0.25, -0.2) is 4.79 Å². The van der Waals surface area contributed by atoms with E-state index in [1.165, 1.54) is 16.2 Å². The van der Waals surface area contributed by atoms with E-state index in [1.807, 2.05) is 13.0 Å². The molecule has 1 amide bonds. The monoisotopic (exact) mass is 241 g/mol. The summed E-state index contributed by atoms with van der Waals surface area (Å²) in [6, 6.07) is 2.84. The molecule has 0 aliphatic heterocycles. The zero-order valence-corrected chi connectivity index (χ0v) is 10.2. The lowest BCUT2D eigenvalue weighted by atomic mass is 10.2. The minimum Gasteiger partial charge on any atom is -0.479 e. The van der Waals surface area contributed by atoms with Crippen LogP contribution < -0.4 is 0 Å². The van der Waals surface area contributed by atoms with Gasteiger partial charge in [0.25, 0.3) is 0 Å². The van der Waals surface area contributed by atoms with Crippen molar-refractivity contribution in [2.75, 3.05) is 6.54 Å². The molecular formula is C11H15NO3S. The van der Waals surface area contributed by atoms with E-state index in [4.69, 9.17) is 5.11 Å². The Hall–Kier alpha value is -1.36. The van der Waals surface area contributed by atoms with Gasteiger partial charge in [0.1, 0.15) is 0 Å². The summed E-state index contributed by atoms with van der Waals surface area (Å²) in [5.41, 5.74) is 0. The summed E-state index contributed by atoms with van der Waals surface area (Å²) in [5, 5.41) is 9.15. The minimum absolute atomic E-state index is 0.389. The van der Waals surface area contributed by atoms with Crippen LogP contribution in [-0.4, -0.2) is 28.9 Å². The highest BCUT2D eigenvalue weighted by Crippen LogP contribution is 2.27. The highest BCUT2D eigenvalue weighted by molar-refractivity contribution is 7.12. The molecule has 0 aliphatic carbocycles. The van der Waals surface area contributed by atoms with Crippen molar-refractivity contribution in [1.82, 2.24) is 4.90 Å². The van der Waals surface area contributed by atoms with Crippen LogP contribution in [0.3, 0.4) is 0 Å². The maximum atomic E-state index is 11.2. The summed E-state index contributed by atoms with van der Waals surface area (Å²) in [5.74, 6) is -0.988. The number of aryl methyl sites for hydroxylation is 1. The summed E-state index contributed by atoms with van der Waals surface area (Å²) in [6.45, 7) is 4.17. The lowest BCUT2D eigenvalue weighted by Gasteiger charge is -2.22. The van der Waals surface area contributed by atoms with Crippen molar-refractivity contribution in [1.29, 1.82) is 0 Å². The normalized spacial score (nSPS) is 12.1. The molecule has 1 aromatic heterocycles. The van der Waals surface area contributed by atoms with E-state index in [0.29, 0.717) is 17.8 Å². The average Bonchev–Trinajstić information content (AvgIpc) is 2.73. The van der Waals surface area contributed by atoms with Gasteiger partial charge in [-0.15, -0.1) is 11.3 Å². The summed E-state index contributed by atoms with van der Waals surface area (Å²) in [4.78, 5) is 25.1. The smallest absolute Gasteiger partial charge is 0.331 e. The number of aliphatic carboxylic acids is 1. The molecule has 0 bridgehead atoms. The SMILES string of the molecule is CCc1ccc(C(C(=O)O)N(C=O)CC)s1. The molecule has 0 aliphatic rings. The van der Waals surface area contributed by atoms with Crippen LogP contribution in [0.15, 0.2) is 12.1 Å². The standard InChI is InChI=1S/C11H15NO3S/c1-3-8-5-6-9(16-8)10(11(14)15)12(4-2)7-13/h5-7,10H,3-4H2,1-2H3,(H,14,15). The number of likely N-dealkylation sites (N-methyl/N-ethyl adjacent to an activating group) is 1. The van der Waals surface area contributed by atoms with Crippen LogP contribution in [0.1, 0.15) is 29.6 Å². The van der Waals surface area contributed by atoms with Gasteiger partial charge in [0.15, 0.2) is 6.04 Å². The molecule has 88 valence electrons. The molecule has 0 fully saturated rings. The van der Waals surface area contributed by atoms with E-state index in [0.717, 1.165) is 11.3 Å². The van der Waals surface area contributed by atoms with Crippen molar-refractivity contribution in [2.45, 2.75) is 26.3 Å². The van der Waals surface area contributed by atoms with E-state index in [9.17, 15) is 9.59 Å². The van der Waals surface area contributed by atoms with E-state index in [1.54, 1.807) is 13.0 Å². The number of amides is 1. The predicted octanol–water partition coefficient (Wildman–Crippen LogP) is 1.91. The second-order valence-electron chi connectivity index (χ2n) is 3.33. The molecule has 1 atom stereocenters. The van der Waals surface area contributed by atoms with Gasteiger partial charge >= 0.3 is 5.97 Å². The van der Waals surface area contributed by atoms with Crippen molar-refractivity contribution in [2.24, 2.45) is 0 Å². The zero-order valence-electron chi connectivity index (χ0n) is 9.34. The van der Waals surface area contributed by atoms with E-state index >= 15 is 0 Å². The Kier molecular flexibility index (Phi) is 4.49. The van der Waals surface area contributed by atoms with Crippen molar-refractivity contribution in [3.63, 3.8) is 0 Å². The van der Waals surface area contributed by atoms with Gasteiger partial charge in [0.05, 0.1) is 0 Å². The van der Waals surface area contributed by atoms with Crippen LogP contribution in [0, 0.1) is 0 Å². The van der Waals surface area contributed by atoms with Crippen molar-refractivity contribution < 1.29 is 14.7 Å². The van der Waals surface area contributed by atoms with Gasteiger partial charge in [-0.2, -0.15) is 0 Å². The average molecular weight is 241 g/mol. The summed E-state index contributed by atoms with van der Waals surface area (Å²) in [7, 11) is 0. The molecule has 1 heterocycles. The maximum absolute atomic E-state index is 11.2. The van der Waals surface area contributed by atoms with Crippen LogP contribution in [-0.2, 0) is 16.0 Å². The Labute approximate surface area is 98.5 Å². The van der Waals surface area contributed by atoms with Crippen LogP contribution in [0.4, 0.5) is 0 Å². The van der Waals surface area contributed by atoms with Gasteiger partial charge < -0.3 is 10.0 Å². The van der Waals surface area contributed by atoms with Gasteiger partial charge in [0.2, 0.25) is 6.41 Å². The fourth-order valence-electron chi connectivity index (χ4n) is 1.48. The van der Waals surface area contributed by atoms with Gasteiger partial charge in [-0.3, -0.25) is 4.79 Å². The topological polar surface area (TPSA) is 57.6 Å². The number of thiophene rings is 1. The molecule has 1 aromatic rings. The molecule has 1 N–H and O–H groups in total. The third-order valence-corrected chi connectivity index (χ3v) is 3.65. The molecule has 4 nitrogen and oxygen atoms in total. The second-order valence-corrected chi connectivity index (χ2v) is 4.53. The number of hydrogen-bond acceptors (Lipinski definition) is 3. The molecule has 16 heavy (non-hydrogen) atoms. The van der Waals surface area contributed by atoms with Crippen molar-refractivity contribution in [3.8, 4) is 0 Å². The summed E-state index contributed by atoms with van der Waals surface area (Å²) in [6.07, 6.45) is 1.47. The molecule has 0 saturated heterocycles. The van der Waals surface area contributed by atoms with Crippen LogP contribution in [0.2, 0.25) is 0 Å². The van der Waals surface area contributed by atoms with E-state index in [-0.39, 0.29) is 0 Å². The Morgan fingerprint density at radius 2 is 2.25 bits per heavy atom. The summed E-state index contributed by atoms with van der Waals surface area (Å²) < 4.78 is 0. The second kappa shape index (κ2) is 5.65. The van der Waals surface area contributed by atoms with Gasteiger partial charge in [-0.05, 0) is 25.5 Å². The van der Waals surface area contributed by atoms with E-state index < -0.39 is 12.0 Å². The Morgan fingerprint density at radius 1 is 1.56 bits per heavy atom. The predicted molar refractivity (Wildman–Crippen MR) is 62.5 cm³/mol. The summed E-state index contributed by atoms with van der Waals surface area (Å²) >= 11 is 1.45. The molecular weight excluding hydrogens is 226 g/mol. The zero-order chi connectivity index (χ0) is 12.1. The molecule has 1 unspecified atom stereocenters. The molecule has 0 saturated carbocycles. The lowest BCUT2D eigenvalue weighted by Crippen LogP contribution is -2.32. The molecule has 1 rings (SSSR count). The minimum atomic E-state index is -0.988. The number of carboxylic acid groups (broad SMARTS) is 1. The first-order chi connectivity index (χ1) is 7.63. The number of carbonyl (C=O) groups is 2. The van der Waals surface area contributed by atoms with Crippen molar-refractivity contribution >= 4 is 23.7 Å². The number of rotatable bonds is 6. The Balaban J connectivity index is 3.01. The third-order valence-electron chi connectivity index (χ3n) is 2.37. The molecule has 5 heteroatoms. The fourth-order valence-corrected chi connectivity index (χ4v) is 2.54. The number of carboxylic acids is 1. The maximum Gasteiger partial charge on any atom is 0.331 e. The fraction of sp³-hybridized carbons (Fsp3) is 0.455. The third kappa shape index (κ3) is 2.61. The number of nitrogens with zero attached hydrogens (tertiary/aromatic N) is 1. The molecule has 0 spiro atoms. The van der Waals surface area contributed by atoms with Gasteiger partial charge in [-0.1, -0.05) is 6.92 Å². The van der Waals surface area contributed by atoms with E-state index in [2.05, 4.69) is 0 Å². The van der Waals surface area contributed by atoms with Crippen LogP contribution in [0.25, 0.3) is 0 Å². The quantitative estimate of drug-likeness (QED) is 0.774. The van der Waals surface area contributed by atoms with Gasteiger partial charge in [0, 0.05) is 16.3 Å². The largest absolute Gasteiger partial charge is 0.479 e.